The second-order valence-electron chi connectivity index (χ2n) is 10.8. The molecule has 1 fully saturated rings. The number of ether oxygens (including phenoxy) is 3. The molecule has 0 aliphatic carbocycles. The first kappa shape index (κ1) is 34.1. The summed E-state index contributed by atoms with van der Waals surface area (Å²) in [5, 5.41) is 11.8. The number of aromatic nitrogens is 2. The molecule has 0 radical (unpaired) electrons. The van der Waals surface area contributed by atoms with Crippen molar-refractivity contribution in [1.29, 1.82) is 0 Å². The van der Waals surface area contributed by atoms with E-state index in [9.17, 15) is 18.0 Å². The summed E-state index contributed by atoms with van der Waals surface area (Å²) >= 11 is 0. The zero-order valence-electron chi connectivity index (χ0n) is 26.4. The number of rotatable bonds is 14. The standard InChI is InChI=1S/C31H39F3N8O4/c1-7-28(43)37-23-15-24(27(45-6)16-25(23)42(4)12-11-41(2)3)38-29-21(31(32,33)34)17-35-30(40-29)39-22-9-8-19(14-26(22)44-5)36-20-10-13-46-18-20/h7-9,14-17,20,36H,1,10-13,18H2,2-6H3,(H,37,43)(H2,35,38,39,40). The average molecular weight is 645 g/mol. The van der Waals surface area contributed by atoms with E-state index in [1.807, 2.05) is 37.0 Å². The SMILES string of the molecule is C=CC(=O)Nc1cc(Nc2nc(Nc3ccc(NC4CCOC4)cc3OC)ncc2C(F)(F)F)c(OC)cc1N(C)CCN(C)C. The highest BCUT2D eigenvalue weighted by Gasteiger charge is 2.36. The van der Waals surface area contributed by atoms with Gasteiger partial charge in [0, 0.05) is 50.8 Å². The Balaban J connectivity index is 1.69. The van der Waals surface area contributed by atoms with Gasteiger partial charge >= 0.3 is 6.18 Å². The van der Waals surface area contributed by atoms with E-state index in [0.717, 1.165) is 18.2 Å². The second kappa shape index (κ2) is 15.0. The lowest BCUT2D eigenvalue weighted by atomic mass is 10.1. The summed E-state index contributed by atoms with van der Waals surface area (Å²) in [6.45, 7) is 6.08. The summed E-state index contributed by atoms with van der Waals surface area (Å²) in [4.78, 5) is 24.3. The Labute approximate surface area is 265 Å². The highest BCUT2D eigenvalue weighted by Crippen LogP contribution is 2.41. The molecule has 1 atom stereocenters. The van der Waals surface area contributed by atoms with E-state index < -0.39 is 23.5 Å². The topological polar surface area (TPSA) is 125 Å². The van der Waals surface area contributed by atoms with Crippen LogP contribution in [0.2, 0.25) is 0 Å². The van der Waals surface area contributed by atoms with E-state index in [0.29, 0.717) is 55.3 Å². The van der Waals surface area contributed by atoms with Crippen LogP contribution in [-0.2, 0) is 15.7 Å². The van der Waals surface area contributed by atoms with E-state index in [-0.39, 0.29) is 23.4 Å². The third-order valence-electron chi connectivity index (χ3n) is 7.15. The first-order chi connectivity index (χ1) is 21.9. The van der Waals surface area contributed by atoms with Crippen molar-refractivity contribution in [2.45, 2.75) is 18.6 Å². The molecule has 0 bridgehead atoms. The number of nitrogens with one attached hydrogen (secondary N) is 4. The van der Waals surface area contributed by atoms with Crippen LogP contribution in [0.1, 0.15) is 12.0 Å². The zero-order chi connectivity index (χ0) is 33.4. The lowest BCUT2D eigenvalue weighted by molar-refractivity contribution is -0.137. The summed E-state index contributed by atoms with van der Waals surface area (Å²) < 4.78 is 58.9. The summed E-state index contributed by atoms with van der Waals surface area (Å²) in [6.07, 6.45) is -2.11. The molecule has 1 aromatic heterocycles. The van der Waals surface area contributed by atoms with E-state index >= 15 is 0 Å². The van der Waals surface area contributed by atoms with E-state index in [1.54, 1.807) is 18.2 Å². The Morgan fingerprint density at radius 3 is 2.43 bits per heavy atom. The Bertz CT molecular complexity index is 1530. The van der Waals surface area contributed by atoms with Gasteiger partial charge in [-0.25, -0.2) is 4.98 Å². The van der Waals surface area contributed by atoms with E-state index in [2.05, 4.69) is 37.8 Å². The quantitative estimate of drug-likeness (QED) is 0.170. The average Bonchev–Trinajstić information content (AvgIpc) is 3.53. The minimum Gasteiger partial charge on any atom is -0.494 e. The van der Waals surface area contributed by atoms with Gasteiger partial charge in [0.1, 0.15) is 22.9 Å². The minimum absolute atomic E-state index is 0.113. The van der Waals surface area contributed by atoms with E-state index in [1.165, 1.54) is 20.3 Å². The van der Waals surface area contributed by atoms with Crippen LogP contribution in [0.5, 0.6) is 11.5 Å². The fourth-order valence-corrected chi connectivity index (χ4v) is 4.67. The van der Waals surface area contributed by atoms with Gasteiger partial charge in [0.05, 0.1) is 49.6 Å². The normalized spacial score (nSPS) is 14.5. The molecule has 4 rings (SSSR count). The number of carbonyl (C=O) groups excluding carboxylic acids is 1. The monoisotopic (exact) mass is 644 g/mol. The Hall–Kier alpha value is -4.76. The van der Waals surface area contributed by atoms with Crippen LogP contribution in [0, 0.1) is 0 Å². The second-order valence-corrected chi connectivity index (χ2v) is 10.8. The molecule has 0 spiro atoms. The predicted molar refractivity (Wildman–Crippen MR) is 173 cm³/mol. The summed E-state index contributed by atoms with van der Waals surface area (Å²) in [5.41, 5.74) is 1.19. The predicted octanol–water partition coefficient (Wildman–Crippen LogP) is 5.32. The van der Waals surface area contributed by atoms with Crippen molar-refractivity contribution in [3.63, 3.8) is 0 Å². The number of hydrogen-bond donors (Lipinski definition) is 4. The lowest BCUT2D eigenvalue weighted by Crippen LogP contribution is -2.29. The van der Waals surface area contributed by atoms with Crippen molar-refractivity contribution >= 4 is 46.1 Å². The molecule has 1 aliphatic rings. The number of alkyl halides is 3. The fraction of sp³-hybridized carbons (Fsp3) is 0.387. The number of carbonyl (C=O) groups is 1. The van der Waals surface area contributed by atoms with Crippen molar-refractivity contribution in [3.8, 4) is 11.5 Å². The summed E-state index contributed by atoms with van der Waals surface area (Å²) in [6, 6.07) is 8.58. The Morgan fingerprint density at radius 2 is 1.80 bits per heavy atom. The smallest absolute Gasteiger partial charge is 0.421 e. The Morgan fingerprint density at radius 1 is 1.07 bits per heavy atom. The molecule has 46 heavy (non-hydrogen) atoms. The van der Waals surface area contributed by atoms with Crippen molar-refractivity contribution in [2.75, 3.05) is 87.8 Å². The van der Waals surface area contributed by atoms with Gasteiger partial charge in [0.2, 0.25) is 11.9 Å². The number of likely N-dealkylation sites (N-methyl/N-ethyl adjacent to an activating group) is 2. The van der Waals surface area contributed by atoms with Gasteiger partial charge in [0.15, 0.2) is 0 Å². The maximum atomic E-state index is 14.2. The van der Waals surface area contributed by atoms with Crippen molar-refractivity contribution in [2.24, 2.45) is 0 Å². The molecule has 3 aromatic rings. The van der Waals surface area contributed by atoms with Gasteiger partial charge in [-0.1, -0.05) is 6.58 Å². The molecule has 2 aromatic carbocycles. The molecule has 1 unspecified atom stereocenters. The number of amides is 1. The van der Waals surface area contributed by atoms with Crippen LogP contribution >= 0.6 is 0 Å². The molecule has 1 aliphatic heterocycles. The molecular formula is C31H39F3N8O4. The molecule has 1 saturated heterocycles. The lowest BCUT2D eigenvalue weighted by Gasteiger charge is -2.26. The molecule has 12 nitrogen and oxygen atoms in total. The largest absolute Gasteiger partial charge is 0.494 e. The Kier molecular flexibility index (Phi) is 11.1. The number of halogens is 3. The van der Waals surface area contributed by atoms with Crippen LogP contribution in [0.3, 0.4) is 0 Å². The molecule has 0 saturated carbocycles. The van der Waals surface area contributed by atoms with Gasteiger partial charge in [0.25, 0.3) is 0 Å². The third-order valence-corrected chi connectivity index (χ3v) is 7.15. The van der Waals surface area contributed by atoms with Crippen LogP contribution in [0.4, 0.5) is 53.4 Å². The summed E-state index contributed by atoms with van der Waals surface area (Å²) in [7, 11) is 8.58. The third kappa shape index (κ3) is 8.69. The van der Waals surface area contributed by atoms with Crippen LogP contribution < -0.4 is 35.6 Å². The van der Waals surface area contributed by atoms with E-state index in [4.69, 9.17) is 14.2 Å². The van der Waals surface area contributed by atoms with Crippen molar-refractivity contribution < 1.29 is 32.2 Å². The van der Waals surface area contributed by atoms with Gasteiger partial charge in [-0.2, -0.15) is 18.2 Å². The zero-order valence-corrected chi connectivity index (χ0v) is 26.4. The maximum Gasteiger partial charge on any atom is 0.421 e. The number of methoxy groups -OCH3 is 2. The van der Waals surface area contributed by atoms with Crippen LogP contribution in [0.25, 0.3) is 0 Å². The molecule has 248 valence electrons. The highest BCUT2D eigenvalue weighted by molar-refractivity contribution is 6.02. The van der Waals surface area contributed by atoms with Crippen molar-refractivity contribution in [3.05, 3.63) is 54.7 Å². The number of anilines is 7. The van der Waals surface area contributed by atoms with Gasteiger partial charge in [-0.05, 0) is 44.8 Å². The van der Waals surface area contributed by atoms with Crippen LogP contribution in [-0.4, -0.2) is 88.5 Å². The van der Waals surface area contributed by atoms with Crippen molar-refractivity contribution in [1.82, 2.24) is 14.9 Å². The number of nitrogens with zero attached hydrogens (tertiary/aromatic N) is 4. The molecule has 2 heterocycles. The van der Waals surface area contributed by atoms with Crippen LogP contribution in [0.15, 0.2) is 49.2 Å². The van der Waals surface area contributed by atoms with Gasteiger partial charge in [-0.15, -0.1) is 0 Å². The molecule has 15 heteroatoms. The number of benzene rings is 2. The highest BCUT2D eigenvalue weighted by atomic mass is 19.4. The molecule has 4 N–H and O–H groups in total. The minimum atomic E-state index is -4.78. The molecular weight excluding hydrogens is 605 g/mol. The maximum absolute atomic E-state index is 14.2. The summed E-state index contributed by atoms with van der Waals surface area (Å²) in [5.74, 6) is -0.480. The first-order valence-electron chi connectivity index (χ1n) is 14.4. The van der Waals surface area contributed by atoms with Gasteiger partial charge < -0.3 is 45.3 Å². The number of hydrogen-bond acceptors (Lipinski definition) is 11. The van der Waals surface area contributed by atoms with Gasteiger partial charge in [-0.3, -0.25) is 4.79 Å². The fourth-order valence-electron chi connectivity index (χ4n) is 4.67. The first-order valence-corrected chi connectivity index (χ1v) is 14.4. The molecule has 1 amide bonds.